The molecule has 47 heavy (non-hydrogen) atoms. The lowest BCUT2D eigenvalue weighted by atomic mass is 9.68. The van der Waals surface area contributed by atoms with E-state index >= 15 is 0 Å². The number of carbonyl (C=O) groups excluding carboxylic acids is 1. The number of carbonyl (C=O) groups is 1. The molecule has 3 aromatic carbocycles. The SMILES string of the molecule is CC1=CC(c2cccc([N+](=O)[O-])c2)C(C(=O)OCCN2CCN(C(c3ccccc3)c3ccccc3)CC2)C(C)(c2cccnc2)N1. The Kier molecular flexibility index (Phi) is 9.75. The molecule has 6 rings (SSSR count). The molecule has 3 unspecified atom stereocenters. The molecule has 9 nitrogen and oxygen atoms in total. The molecule has 1 aromatic heterocycles. The van der Waals surface area contributed by atoms with E-state index in [1.807, 2.05) is 38.1 Å². The van der Waals surface area contributed by atoms with Crippen LogP contribution in [0.15, 0.2) is 121 Å². The van der Waals surface area contributed by atoms with Crippen molar-refractivity contribution >= 4 is 11.7 Å². The zero-order valence-electron chi connectivity index (χ0n) is 26.9. The molecule has 1 N–H and O–H groups in total. The van der Waals surface area contributed by atoms with Crippen molar-refractivity contribution in [2.75, 3.05) is 39.3 Å². The van der Waals surface area contributed by atoms with Crippen LogP contribution in [0.1, 0.15) is 48.1 Å². The van der Waals surface area contributed by atoms with Gasteiger partial charge in [-0.3, -0.25) is 29.7 Å². The van der Waals surface area contributed by atoms with E-state index in [1.165, 1.54) is 17.2 Å². The van der Waals surface area contributed by atoms with Crippen molar-refractivity contribution in [3.8, 4) is 0 Å². The van der Waals surface area contributed by atoms with Crippen molar-refractivity contribution in [1.29, 1.82) is 0 Å². The van der Waals surface area contributed by atoms with E-state index in [0.717, 1.165) is 37.4 Å². The fourth-order valence-corrected chi connectivity index (χ4v) is 7.19. The number of hydrogen-bond donors (Lipinski definition) is 1. The number of benzene rings is 3. The molecule has 3 heterocycles. The Morgan fingerprint density at radius 3 is 2.28 bits per heavy atom. The van der Waals surface area contributed by atoms with Crippen molar-refractivity contribution in [3.05, 3.63) is 154 Å². The highest BCUT2D eigenvalue weighted by atomic mass is 16.6. The van der Waals surface area contributed by atoms with Gasteiger partial charge in [0.2, 0.25) is 0 Å². The van der Waals surface area contributed by atoms with E-state index in [-0.39, 0.29) is 24.3 Å². The number of aromatic nitrogens is 1. The lowest BCUT2D eigenvalue weighted by Crippen LogP contribution is -2.54. The maximum atomic E-state index is 14.1. The van der Waals surface area contributed by atoms with Gasteiger partial charge in [0.1, 0.15) is 6.61 Å². The largest absolute Gasteiger partial charge is 0.464 e. The van der Waals surface area contributed by atoms with Gasteiger partial charge in [0.15, 0.2) is 0 Å². The third-order valence-electron chi connectivity index (χ3n) is 9.50. The zero-order chi connectivity index (χ0) is 32.8. The van der Waals surface area contributed by atoms with Crippen LogP contribution in [0.2, 0.25) is 0 Å². The topological polar surface area (TPSA) is 101 Å². The smallest absolute Gasteiger partial charge is 0.312 e. The van der Waals surface area contributed by atoms with Crippen LogP contribution in [-0.4, -0.2) is 65.0 Å². The Morgan fingerprint density at radius 2 is 1.66 bits per heavy atom. The molecule has 0 spiro atoms. The number of esters is 1. The Morgan fingerprint density at radius 1 is 0.979 bits per heavy atom. The van der Waals surface area contributed by atoms with E-state index < -0.39 is 22.3 Å². The second-order valence-corrected chi connectivity index (χ2v) is 12.5. The van der Waals surface area contributed by atoms with Crippen molar-refractivity contribution < 1.29 is 14.5 Å². The number of nitrogens with one attached hydrogen (secondary N) is 1. The van der Waals surface area contributed by atoms with Crippen molar-refractivity contribution in [2.45, 2.75) is 31.3 Å². The van der Waals surface area contributed by atoms with Gasteiger partial charge < -0.3 is 10.1 Å². The third kappa shape index (κ3) is 7.11. The van der Waals surface area contributed by atoms with Crippen molar-refractivity contribution in [2.24, 2.45) is 5.92 Å². The zero-order valence-corrected chi connectivity index (χ0v) is 26.9. The molecular formula is C38H41N5O4. The number of ether oxygens (including phenoxy) is 1. The van der Waals surface area contributed by atoms with Crippen LogP contribution in [0.5, 0.6) is 0 Å². The highest BCUT2D eigenvalue weighted by Crippen LogP contribution is 2.45. The van der Waals surface area contributed by atoms with Crippen LogP contribution in [0.3, 0.4) is 0 Å². The summed E-state index contributed by atoms with van der Waals surface area (Å²) >= 11 is 0. The van der Waals surface area contributed by atoms with Crippen LogP contribution in [-0.2, 0) is 15.1 Å². The molecule has 3 atom stereocenters. The van der Waals surface area contributed by atoms with Gasteiger partial charge in [0.25, 0.3) is 5.69 Å². The molecule has 2 aliphatic rings. The fourth-order valence-electron chi connectivity index (χ4n) is 7.19. The molecule has 4 aromatic rings. The summed E-state index contributed by atoms with van der Waals surface area (Å²) in [5, 5.41) is 15.2. The number of pyridine rings is 1. The van der Waals surface area contributed by atoms with Crippen LogP contribution in [0.25, 0.3) is 0 Å². The molecule has 2 aliphatic heterocycles. The second-order valence-electron chi connectivity index (χ2n) is 12.5. The Labute approximate surface area is 276 Å². The van der Waals surface area contributed by atoms with E-state index in [1.54, 1.807) is 24.5 Å². The average Bonchev–Trinajstić information content (AvgIpc) is 3.10. The summed E-state index contributed by atoms with van der Waals surface area (Å²) in [6, 6.07) is 31.8. The maximum Gasteiger partial charge on any atom is 0.312 e. The number of rotatable bonds is 10. The first kappa shape index (κ1) is 32.1. The predicted molar refractivity (Wildman–Crippen MR) is 182 cm³/mol. The van der Waals surface area contributed by atoms with Gasteiger partial charge in [-0.1, -0.05) is 84.9 Å². The third-order valence-corrected chi connectivity index (χ3v) is 9.50. The van der Waals surface area contributed by atoms with E-state index in [0.29, 0.717) is 12.1 Å². The van der Waals surface area contributed by atoms with Crippen LogP contribution < -0.4 is 5.32 Å². The number of nitro benzene ring substituents is 1. The van der Waals surface area contributed by atoms with Gasteiger partial charge in [-0.2, -0.15) is 0 Å². The van der Waals surface area contributed by atoms with Crippen molar-refractivity contribution in [3.63, 3.8) is 0 Å². The van der Waals surface area contributed by atoms with Gasteiger partial charge in [0.05, 0.1) is 22.4 Å². The van der Waals surface area contributed by atoms with Gasteiger partial charge in [-0.15, -0.1) is 0 Å². The summed E-state index contributed by atoms with van der Waals surface area (Å²) < 4.78 is 6.06. The molecular weight excluding hydrogens is 590 g/mol. The molecule has 0 aliphatic carbocycles. The molecule has 0 amide bonds. The quantitative estimate of drug-likeness (QED) is 0.128. The van der Waals surface area contributed by atoms with E-state index in [9.17, 15) is 14.9 Å². The van der Waals surface area contributed by atoms with Crippen molar-refractivity contribution in [1.82, 2.24) is 20.1 Å². The highest BCUT2D eigenvalue weighted by Gasteiger charge is 2.49. The van der Waals surface area contributed by atoms with Gasteiger partial charge in [-0.05, 0) is 42.2 Å². The van der Waals surface area contributed by atoms with Gasteiger partial charge >= 0.3 is 5.97 Å². The number of nitro groups is 1. The first-order valence-corrected chi connectivity index (χ1v) is 16.2. The van der Waals surface area contributed by atoms with E-state index in [2.05, 4.69) is 80.8 Å². The molecule has 242 valence electrons. The first-order chi connectivity index (χ1) is 22.8. The predicted octanol–water partition coefficient (Wildman–Crippen LogP) is 6.06. The number of hydrogen-bond acceptors (Lipinski definition) is 8. The maximum absolute atomic E-state index is 14.1. The average molecular weight is 632 g/mol. The minimum absolute atomic E-state index is 0.0109. The highest BCUT2D eigenvalue weighted by molar-refractivity contribution is 5.77. The van der Waals surface area contributed by atoms with Crippen LogP contribution >= 0.6 is 0 Å². The minimum Gasteiger partial charge on any atom is -0.464 e. The summed E-state index contributed by atoms with van der Waals surface area (Å²) in [5.41, 5.74) is 4.10. The van der Waals surface area contributed by atoms with Gasteiger partial charge in [-0.25, -0.2) is 0 Å². The lowest BCUT2D eigenvalue weighted by Gasteiger charge is -2.45. The summed E-state index contributed by atoms with van der Waals surface area (Å²) in [5.74, 6) is -1.48. The molecule has 0 bridgehead atoms. The number of nitrogens with zero attached hydrogens (tertiary/aromatic N) is 4. The molecule has 1 saturated heterocycles. The summed E-state index contributed by atoms with van der Waals surface area (Å²) in [7, 11) is 0. The first-order valence-electron chi connectivity index (χ1n) is 16.2. The molecule has 1 fully saturated rings. The normalized spacial score (nSPS) is 21.9. The number of piperazine rings is 1. The van der Waals surface area contributed by atoms with Crippen LogP contribution in [0, 0.1) is 16.0 Å². The number of allylic oxidation sites excluding steroid dienone is 2. The number of non-ortho nitro benzene ring substituents is 1. The Balaban J connectivity index is 1.15. The summed E-state index contributed by atoms with van der Waals surface area (Å²) in [6.07, 6.45) is 5.43. The molecule has 9 heteroatoms. The molecule has 0 saturated carbocycles. The second kappa shape index (κ2) is 14.3. The fraction of sp³-hybridized carbons (Fsp3) is 0.316. The van der Waals surface area contributed by atoms with Gasteiger partial charge in [0, 0.05) is 68.9 Å². The standard InChI is InChI=1S/C38H41N5O4/c1-28-25-34(31-15-9-17-33(26-31)43(45)46)35(38(2,40-28)32-16-10-18-39-27-32)37(44)47-24-23-41-19-21-42(22-20-41)36(29-11-5-3-6-12-29)30-13-7-4-8-14-30/h3-18,25-27,34-36,40H,19-24H2,1-2H3. The monoisotopic (exact) mass is 631 g/mol. The minimum atomic E-state index is -0.852. The van der Waals surface area contributed by atoms with Crippen LogP contribution in [0.4, 0.5) is 5.69 Å². The summed E-state index contributed by atoms with van der Waals surface area (Å²) in [6.45, 7) is 8.32. The van der Waals surface area contributed by atoms with E-state index in [4.69, 9.17) is 4.74 Å². The lowest BCUT2D eigenvalue weighted by molar-refractivity contribution is -0.384. The molecule has 0 radical (unpaired) electrons. The Bertz CT molecular complexity index is 1650. The summed E-state index contributed by atoms with van der Waals surface area (Å²) in [4.78, 5) is 34.5. The Hall–Kier alpha value is -4.86.